The molecule has 1 N–H and O–H groups in total. The van der Waals surface area contributed by atoms with Crippen LogP contribution in [0.5, 0.6) is 0 Å². The first-order valence-corrected chi connectivity index (χ1v) is 5.44. The molecule has 1 fully saturated rings. The highest BCUT2D eigenvalue weighted by Crippen LogP contribution is 2.53. The molecule has 0 aliphatic heterocycles. The maximum Gasteiger partial charge on any atom is 0.140 e. The third-order valence-electron chi connectivity index (χ3n) is 3.56. The smallest absolute Gasteiger partial charge is 0.140 e. The number of aryl methyl sites for hydroxylation is 1. The van der Waals surface area contributed by atoms with Crippen LogP contribution in [0.4, 0.5) is 4.39 Å². The van der Waals surface area contributed by atoms with E-state index in [2.05, 4.69) is 0 Å². The standard InChI is InChI=1S/C13H13FO2/c1-7-6-13(7,15)12-8(2)10-5-9(14)3-4-11(10)16-12/h3-5,7,15H,6H2,1-2H3. The number of furan rings is 1. The van der Waals surface area contributed by atoms with E-state index < -0.39 is 5.60 Å². The Morgan fingerprint density at radius 3 is 2.81 bits per heavy atom. The van der Waals surface area contributed by atoms with Gasteiger partial charge in [-0.05, 0) is 37.5 Å². The average Bonchev–Trinajstić information content (AvgIpc) is 2.69. The molecule has 0 spiro atoms. The van der Waals surface area contributed by atoms with Crippen LogP contribution < -0.4 is 0 Å². The van der Waals surface area contributed by atoms with Gasteiger partial charge in [0.05, 0.1) is 0 Å². The Bertz CT molecular complexity index is 573. The molecular formula is C13H13FO2. The summed E-state index contributed by atoms with van der Waals surface area (Å²) in [5.74, 6) is 0.538. The summed E-state index contributed by atoms with van der Waals surface area (Å²) < 4.78 is 18.7. The Kier molecular flexibility index (Phi) is 1.76. The minimum atomic E-state index is -0.834. The lowest BCUT2D eigenvalue weighted by atomic mass is 10.1. The molecule has 84 valence electrons. The van der Waals surface area contributed by atoms with Crippen LogP contribution in [0.25, 0.3) is 11.0 Å². The summed E-state index contributed by atoms with van der Waals surface area (Å²) in [6.45, 7) is 3.84. The summed E-state index contributed by atoms with van der Waals surface area (Å²) in [5, 5.41) is 11.0. The van der Waals surface area contributed by atoms with Crippen LogP contribution in [-0.4, -0.2) is 5.11 Å². The van der Waals surface area contributed by atoms with Crippen LogP contribution in [0, 0.1) is 18.7 Å². The molecule has 0 radical (unpaired) electrons. The lowest BCUT2D eigenvalue weighted by Gasteiger charge is -2.05. The van der Waals surface area contributed by atoms with E-state index in [1.54, 1.807) is 6.07 Å². The quantitative estimate of drug-likeness (QED) is 0.801. The monoisotopic (exact) mass is 220 g/mol. The first-order chi connectivity index (χ1) is 7.52. The van der Waals surface area contributed by atoms with Gasteiger partial charge in [0, 0.05) is 10.9 Å². The number of benzene rings is 1. The van der Waals surface area contributed by atoms with Gasteiger partial charge >= 0.3 is 0 Å². The molecule has 2 unspecified atom stereocenters. The fraction of sp³-hybridized carbons (Fsp3) is 0.385. The van der Waals surface area contributed by atoms with E-state index in [0.717, 1.165) is 17.4 Å². The highest BCUT2D eigenvalue weighted by Gasteiger charge is 2.54. The van der Waals surface area contributed by atoms with Crippen molar-refractivity contribution in [3.63, 3.8) is 0 Å². The second kappa shape index (κ2) is 2.86. The zero-order valence-electron chi connectivity index (χ0n) is 9.25. The van der Waals surface area contributed by atoms with Gasteiger partial charge in [-0.3, -0.25) is 0 Å². The summed E-state index contributed by atoms with van der Waals surface area (Å²) in [6, 6.07) is 4.43. The molecule has 3 rings (SSSR count). The summed E-state index contributed by atoms with van der Waals surface area (Å²) >= 11 is 0. The van der Waals surface area contributed by atoms with Crippen molar-refractivity contribution in [3.05, 3.63) is 35.3 Å². The Morgan fingerprint density at radius 1 is 1.50 bits per heavy atom. The Balaban J connectivity index is 2.24. The molecule has 16 heavy (non-hydrogen) atoms. The molecule has 2 aromatic rings. The van der Waals surface area contributed by atoms with Gasteiger partial charge in [-0.1, -0.05) is 6.92 Å². The molecule has 2 atom stereocenters. The van der Waals surface area contributed by atoms with Gasteiger partial charge in [-0.25, -0.2) is 4.39 Å². The van der Waals surface area contributed by atoms with Crippen molar-refractivity contribution in [3.8, 4) is 0 Å². The fourth-order valence-electron chi connectivity index (χ4n) is 2.33. The molecule has 1 aliphatic carbocycles. The van der Waals surface area contributed by atoms with Gasteiger partial charge in [-0.15, -0.1) is 0 Å². The third kappa shape index (κ3) is 1.15. The zero-order chi connectivity index (χ0) is 11.5. The molecule has 1 heterocycles. The minimum absolute atomic E-state index is 0.219. The first kappa shape index (κ1) is 9.85. The molecular weight excluding hydrogens is 207 g/mol. The maximum atomic E-state index is 13.1. The molecule has 1 saturated carbocycles. The van der Waals surface area contributed by atoms with Gasteiger partial charge in [-0.2, -0.15) is 0 Å². The number of rotatable bonds is 1. The zero-order valence-corrected chi connectivity index (χ0v) is 9.25. The van der Waals surface area contributed by atoms with E-state index in [1.807, 2.05) is 13.8 Å². The van der Waals surface area contributed by atoms with Crippen molar-refractivity contribution >= 4 is 11.0 Å². The predicted molar refractivity (Wildman–Crippen MR) is 58.6 cm³/mol. The van der Waals surface area contributed by atoms with Gasteiger partial charge < -0.3 is 9.52 Å². The van der Waals surface area contributed by atoms with Crippen molar-refractivity contribution in [2.45, 2.75) is 25.9 Å². The largest absolute Gasteiger partial charge is 0.458 e. The predicted octanol–water partition coefficient (Wildman–Crippen LogP) is 3.11. The molecule has 0 bridgehead atoms. The van der Waals surface area contributed by atoms with Crippen LogP contribution >= 0.6 is 0 Å². The van der Waals surface area contributed by atoms with Gasteiger partial charge in [0.15, 0.2) is 0 Å². The average molecular weight is 220 g/mol. The van der Waals surface area contributed by atoms with Crippen molar-refractivity contribution in [1.29, 1.82) is 0 Å². The van der Waals surface area contributed by atoms with Crippen molar-refractivity contribution in [2.24, 2.45) is 5.92 Å². The van der Waals surface area contributed by atoms with E-state index in [-0.39, 0.29) is 11.7 Å². The number of hydrogen-bond donors (Lipinski definition) is 1. The number of aliphatic hydroxyl groups is 1. The summed E-state index contributed by atoms with van der Waals surface area (Å²) in [7, 11) is 0. The van der Waals surface area contributed by atoms with Crippen molar-refractivity contribution in [1.82, 2.24) is 0 Å². The lowest BCUT2D eigenvalue weighted by Crippen LogP contribution is -2.07. The van der Waals surface area contributed by atoms with E-state index in [9.17, 15) is 9.50 Å². The molecule has 3 heteroatoms. The SMILES string of the molecule is Cc1c(C2(O)CC2C)oc2ccc(F)cc12. The van der Waals surface area contributed by atoms with Crippen molar-refractivity contribution < 1.29 is 13.9 Å². The Morgan fingerprint density at radius 2 is 2.19 bits per heavy atom. The molecule has 0 amide bonds. The molecule has 2 nitrogen and oxygen atoms in total. The van der Waals surface area contributed by atoms with Gasteiger partial charge in [0.1, 0.15) is 22.8 Å². The van der Waals surface area contributed by atoms with E-state index >= 15 is 0 Å². The first-order valence-electron chi connectivity index (χ1n) is 5.44. The number of halogens is 1. The van der Waals surface area contributed by atoms with E-state index in [0.29, 0.717) is 11.3 Å². The van der Waals surface area contributed by atoms with Crippen LogP contribution in [-0.2, 0) is 5.60 Å². The minimum Gasteiger partial charge on any atom is -0.458 e. The Hall–Kier alpha value is -1.35. The van der Waals surface area contributed by atoms with Crippen LogP contribution in [0.1, 0.15) is 24.7 Å². The second-order valence-electron chi connectivity index (χ2n) is 4.73. The normalized spacial score (nSPS) is 28.6. The summed E-state index contributed by atoms with van der Waals surface area (Å²) in [5.41, 5.74) is 0.655. The van der Waals surface area contributed by atoms with Crippen LogP contribution in [0.15, 0.2) is 22.6 Å². The van der Waals surface area contributed by atoms with Gasteiger partial charge in [0.2, 0.25) is 0 Å². The molecule has 1 aliphatic rings. The summed E-state index contributed by atoms with van der Waals surface area (Å²) in [4.78, 5) is 0. The number of fused-ring (bicyclic) bond motifs is 1. The third-order valence-corrected chi connectivity index (χ3v) is 3.56. The van der Waals surface area contributed by atoms with Crippen LogP contribution in [0.3, 0.4) is 0 Å². The highest BCUT2D eigenvalue weighted by molar-refractivity contribution is 5.82. The van der Waals surface area contributed by atoms with Crippen LogP contribution in [0.2, 0.25) is 0 Å². The molecule has 1 aromatic heterocycles. The topological polar surface area (TPSA) is 33.4 Å². The van der Waals surface area contributed by atoms with Crippen molar-refractivity contribution in [2.75, 3.05) is 0 Å². The lowest BCUT2D eigenvalue weighted by molar-refractivity contribution is 0.109. The second-order valence-corrected chi connectivity index (χ2v) is 4.73. The van der Waals surface area contributed by atoms with E-state index in [4.69, 9.17) is 4.42 Å². The molecule has 0 saturated heterocycles. The van der Waals surface area contributed by atoms with E-state index in [1.165, 1.54) is 12.1 Å². The Labute approximate surface area is 92.7 Å². The highest BCUT2D eigenvalue weighted by atomic mass is 19.1. The molecule has 1 aromatic carbocycles. The summed E-state index contributed by atoms with van der Waals surface area (Å²) in [6.07, 6.45) is 0.718. The maximum absolute atomic E-state index is 13.1. The fourth-order valence-corrected chi connectivity index (χ4v) is 2.33. The number of hydrogen-bond acceptors (Lipinski definition) is 2. The van der Waals surface area contributed by atoms with Gasteiger partial charge in [0.25, 0.3) is 0 Å².